The molecule has 0 saturated carbocycles. The molecule has 2 atom stereocenters. The molecule has 1 unspecified atom stereocenters. The first kappa shape index (κ1) is 65.5. The van der Waals surface area contributed by atoms with Crippen LogP contribution in [0.3, 0.4) is 0 Å². The number of hydrogen-bond acceptors (Lipinski definition) is 7. The Kier molecular flexibility index (Phi) is 50.5. The van der Waals surface area contributed by atoms with Gasteiger partial charge in [-0.2, -0.15) is 0 Å². The lowest BCUT2D eigenvalue weighted by atomic mass is 10.0. The number of nitrogens with zero attached hydrogens (tertiary/aromatic N) is 1. The second-order valence-corrected chi connectivity index (χ2v) is 22.8. The lowest BCUT2D eigenvalue weighted by Crippen LogP contribution is -2.37. The molecule has 0 fully saturated rings. The van der Waals surface area contributed by atoms with E-state index in [0.29, 0.717) is 24.1 Å². The second kappa shape index (κ2) is 50.9. The standard InChI is InChI=1S/C57H116NO7P/c1-6-8-10-12-14-16-18-20-21-22-23-24-25-26-27-28-29-30-31-32-33-34-35-36-37-38-39-40-42-44-46-48-50-57(59)65-56(55-64-66(60,61)63-53-51-58(3,4)5)54-62-52-49-47-45-43-41-19-17-15-13-11-9-7-2/h56H,6-55H2,1-5H3/t56-/m1/s1. The number of carbonyl (C=O) groups excluding carboxylic acids is 1. The maximum absolute atomic E-state index is 12.8. The second-order valence-electron chi connectivity index (χ2n) is 21.4. The third-order valence-corrected chi connectivity index (χ3v) is 14.4. The number of hydrogen-bond donors (Lipinski definition) is 0. The predicted molar refractivity (Wildman–Crippen MR) is 282 cm³/mol. The number of phosphoric acid groups is 1. The first-order chi connectivity index (χ1) is 32.1. The summed E-state index contributed by atoms with van der Waals surface area (Å²) in [6.07, 6.45) is 58.8. The maximum Gasteiger partial charge on any atom is 0.306 e. The van der Waals surface area contributed by atoms with Gasteiger partial charge in [0.15, 0.2) is 0 Å². The molecular weight excluding hydrogens is 842 g/mol. The Morgan fingerprint density at radius 1 is 0.409 bits per heavy atom. The summed E-state index contributed by atoms with van der Waals surface area (Å²) in [5.41, 5.74) is 0. The molecule has 0 aromatic carbocycles. The summed E-state index contributed by atoms with van der Waals surface area (Å²) in [5, 5.41) is 0. The Morgan fingerprint density at radius 2 is 0.697 bits per heavy atom. The van der Waals surface area contributed by atoms with E-state index in [4.69, 9.17) is 18.5 Å². The summed E-state index contributed by atoms with van der Waals surface area (Å²) in [5.74, 6) is -0.324. The van der Waals surface area contributed by atoms with Crippen LogP contribution in [-0.2, 0) is 27.9 Å². The van der Waals surface area contributed by atoms with E-state index in [9.17, 15) is 14.3 Å². The molecule has 0 aromatic rings. The van der Waals surface area contributed by atoms with Gasteiger partial charge in [-0.15, -0.1) is 0 Å². The zero-order valence-electron chi connectivity index (χ0n) is 45.2. The molecule has 0 aliphatic carbocycles. The lowest BCUT2D eigenvalue weighted by molar-refractivity contribution is -0.870. The highest BCUT2D eigenvalue weighted by Gasteiger charge is 2.20. The Balaban J connectivity index is 3.84. The SMILES string of the molecule is CCCCCCCCCCCCCCCCCCCCCCCCCCCCCCCCCCC(=O)O[C@H](COCCCCCCCCCCCCCC)COP(=O)([O-])OCC[N+](C)(C)C. The average molecular weight is 959 g/mol. The van der Waals surface area contributed by atoms with Crippen LogP contribution in [-0.4, -0.2) is 70.7 Å². The minimum atomic E-state index is -4.52. The Hall–Kier alpha value is -0.500. The number of ether oxygens (including phenoxy) is 2. The van der Waals surface area contributed by atoms with Gasteiger partial charge in [0, 0.05) is 13.0 Å². The number of unbranched alkanes of at least 4 members (excludes halogenated alkanes) is 42. The summed E-state index contributed by atoms with van der Waals surface area (Å²) < 4.78 is 34.8. The highest BCUT2D eigenvalue weighted by atomic mass is 31.2. The van der Waals surface area contributed by atoms with Crippen molar-refractivity contribution in [1.29, 1.82) is 0 Å². The van der Waals surface area contributed by atoms with Crippen molar-refractivity contribution < 1.29 is 37.3 Å². The van der Waals surface area contributed by atoms with Gasteiger partial charge >= 0.3 is 5.97 Å². The minimum Gasteiger partial charge on any atom is -0.756 e. The number of esters is 1. The van der Waals surface area contributed by atoms with Crippen LogP contribution in [0.1, 0.15) is 303 Å². The van der Waals surface area contributed by atoms with Gasteiger partial charge in [0.1, 0.15) is 19.3 Å². The van der Waals surface area contributed by atoms with Crippen molar-refractivity contribution in [3.8, 4) is 0 Å². The molecule has 0 radical (unpaired) electrons. The Labute approximate surface area is 412 Å². The van der Waals surface area contributed by atoms with Gasteiger partial charge in [-0.1, -0.05) is 284 Å². The smallest absolute Gasteiger partial charge is 0.306 e. The molecule has 0 rings (SSSR count). The quantitative estimate of drug-likeness (QED) is 0.0259. The molecule has 0 saturated heterocycles. The van der Waals surface area contributed by atoms with Gasteiger partial charge in [-0.05, 0) is 12.8 Å². The molecule has 0 aliphatic rings. The van der Waals surface area contributed by atoms with Crippen molar-refractivity contribution in [2.45, 2.75) is 309 Å². The van der Waals surface area contributed by atoms with Gasteiger partial charge < -0.3 is 27.9 Å². The number of carbonyl (C=O) groups is 1. The fourth-order valence-corrected chi connectivity index (χ4v) is 9.63. The van der Waals surface area contributed by atoms with Gasteiger partial charge in [0.25, 0.3) is 7.82 Å². The number of likely N-dealkylation sites (N-methyl/N-ethyl adjacent to an activating group) is 1. The zero-order chi connectivity index (χ0) is 48.3. The topological polar surface area (TPSA) is 94.1 Å². The summed E-state index contributed by atoms with van der Waals surface area (Å²) in [6, 6.07) is 0. The van der Waals surface area contributed by atoms with Crippen LogP contribution in [0.15, 0.2) is 0 Å². The van der Waals surface area contributed by atoms with Crippen LogP contribution in [0.4, 0.5) is 0 Å². The van der Waals surface area contributed by atoms with E-state index >= 15 is 0 Å². The molecule has 0 N–H and O–H groups in total. The number of quaternary nitrogens is 1. The fraction of sp³-hybridized carbons (Fsp3) is 0.982. The van der Waals surface area contributed by atoms with Crippen LogP contribution < -0.4 is 4.89 Å². The third kappa shape index (κ3) is 54.4. The van der Waals surface area contributed by atoms with Crippen molar-refractivity contribution in [2.75, 3.05) is 54.1 Å². The monoisotopic (exact) mass is 958 g/mol. The fourth-order valence-electron chi connectivity index (χ4n) is 8.90. The molecular formula is C57H116NO7P. The predicted octanol–water partition coefficient (Wildman–Crippen LogP) is 17.7. The van der Waals surface area contributed by atoms with Crippen LogP contribution in [0.5, 0.6) is 0 Å². The van der Waals surface area contributed by atoms with E-state index in [1.54, 1.807) is 0 Å². The van der Waals surface area contributed by atoms with Gasteiger partial charge in [-0.3, -0.25) is 9.36 Å². The molecule has 0 spiro atoms. The van der Waals surface area contributed by atoms with Gasteiger partial charge in [0.2, 0.25) is 0 Å². The van der Waals surface area contributed by atoms with Crippen LogP contribution in [0, 0.1) is 0 Å². The van der Waals surface area contributed by atoms with Crippen LogP contribution in [0.25, 0.3) is 0 Å². The van der Waals surface area contributed by atoms with Crippen molar-refractivity contribution >= 4 is 13.8 Å². The summed E-state index contributed by atoms with van der Waals surface area (Å²) in [4.78, 5) is 25.2. The van der Waals surface area contributed by atoms with Gasteiger partial charge in [-0.25, -0.2) is 0 Å². The van der Waals surface area contributed by atoms with E-state index in [-0.39, 0.29) is 25.8 Å². The van der Waals surface area contributed by atoms with Crippen LogP contribution in [0.2, 0.25) is 0 Å². The normalized spacial score (nSPS) is 13.4. The van der Waals surface area contributed by atoms with E-state index in [0.717, 1.165) is 32.1 Å². The molecule has 0 bridgehead atoms. The molecule has 0 amide bonds. The molecule has 8 nitrogen and oxygen atoms in total. The first-order valence-electron chi connectivity index (χ1n) is 29.3. The largest absolute Gasteiger partial charge is 0.756 e. The summed E-state index contributed by atoms with van der Waals surface area (Å²) in [6.45, 7) is 5.49. The average Bonchev–Trinajstić information content (AvgIpc) is 3.28. The Bertz CT molecular complexity index is 1020. The minimum absolute atomic E-state index is 0.0317. The molecule has 0 aliphatic heterocycles. The highest BCUT2D eigenvalue weighted by molar-refractivity contribution is 7.45. The van der Waals surface area contributed by atoms with Crippen molar-refractivity contribution in [1.82, 2.24) is 0 Å². The lowest BCUT2D eigenvalue weighted by Gasteiger charge is -2.28. The molecule has 66 heavy (non-hydrogen) atoms. The van der Waals surface area contributed by atoms with Crippen molar-refractivity contribution in [3.63, 3.8) is 0 Å². The maximum atomic E-state index is 12.8. The molecule has 0 heterocycles. The molecule has 0 aromatic heterocycles. The third-order valence-electron chi connectivity index (χ3n) is 13.4. The van der Waals surface area contributed by atoms with E-state index in [2.05, 4.69) is 13.8 Å². The van der Waals surface area contributed by atoms with Crippen molar-refractivity contribution in [2.24, 2.45) is 0 Å². The van der Waals surface area contributed by atoms with E-state index in [1.165, 1.54) is 250 Å². The van der Waals surface area contributed by atoms with Crippen molar-refractivity contribution in [3.05, 3.63) is 0 Å². The number of phosphoric ester groups is 1. The van der Waals surface area contributed by atoms with Gasteiger partial charge in [0.05, 0.1) is 34.4 Å². The summed E-state index contributed by atoms with van der Waals surface area (Å²) in [7, 11) is 1.38. The van der Waals surface area contributed by atoms with E-state index < -0.39 is 13.9 Å². The van der Waals surface area contributed by atoms with E-state index in [1.807, 2.05) is 21.1 Å². The highest BCUT2D eigenvalue weighted by Crippen LogP contribution is 2.38. The molecule has 396 valence electrons. The summed E-state index contributed by atoms with van der Waals surface area (Å²) >= 11 is 0. The zero-order valence-corrected chi connectivity index (χ0v) is 46.1. The Morgan fingerprint density at radius 3 is 1.00 bits per heavy atom. The first-order valence-corrected chi connectivity index (χ1v) is 30.7. The number of rotatable bonds is 56. The van der Waals surface area contributed by atoms with Crippen LogP contribution >= 0.6 is 7.82 Å². The molecule has 9 heteroatoms.